The van der Waals surface area contributed by atoms with Crippen LogP contribution in [-0.4, -0.2) is 24.1 Å². The molecule has 172 valence electrons. The average molecular weight is 435 g/mol. The van der Waals surface area contributed by atoms with Crippen molar-refractivity contribution in [1.29, 1.82) is 0 Å². The number of benzene rings is 1. The van der Waals surface area contributed by atoms with Crippen molar-refractivity contribution < 1.29 is 14.6 Å². The van der Waals surface area contributed by atoms with Crippen molar-refractivity contribution in [3.05, 3.63) is 47.6 Å². The Kier molecular flexibility index (Phi) is 5.60. The van der Waals surface area contributed by atoms with Gasteiger partial charge in [0.25, 0.3) is 0 Å². The zero-order valence-electron chi connectivity index (χ0n) is 19.8. The molecule has 4 aliphatic carbocycles. The first-order valence-electron chi connectivity index (χ1n) is 12.6. The fourth-order valence-electron chi connectivity index (χ4n) is 8.12. The van der Waals surface area contributed by atoms with Crippen LogP contribution >= 0.6 is 0 Å². The third-order valence-electron chi connectivity index (χ3n) is 9.98. The Balaban J connectivity index is 1.33. The topological polar surface area (TPSA) is 46.5 Å². The van der Waals surface area contributed by atoms with Gasteiger partial charge in [-0.3, -0.25) is 4.79 Å². The first kappa shape index (κ1) is 21.9. The molecule has 0 aliphatic heterocycles. The molecular weight excluding hydrogens is 396 g/mol. The smallest absolute Gasteiger partial charge is 0.159 e. The van der Waals surface area contributed by atoms with E-state index in [0.29, 0.717) is 17.6 Å². The van der Waals surface area contributed by atoms with E-state index in [9.17, 15) is 9.90 Å². The van der Waals surface area contributed by atoms with Crippen molar-refractivity contribution >= 4 is 11.9 Å². The predicted molar refractivity (Wildman–Crippen MR) is 128 cm³/mol. The Morgan fingerprint density at radius 2 is 1.84 bits per heavy atom. The van der Waals surface area contributed by atoms with Gasteiger partial charge in [0.2, 0.25) is 0 Å². The maximum atomic E-state index is 13.3. The third kappa shape index (κ3) is 3.48. The zero-order valence-corrected chi connectivity index (χ0v) is 19.8. The molecule has 1 aromatic carbocycles. The molecule has 3 saturated carbocycles. The molecule has 0 aromatic heterocycles. The molecule has 1 N–H and O–H groups in total. The maximum Gasteiger partial charge on any atom is 0.159 e. The minimum absolute atomic E-state index is 0.123. The molecular formula is C29H38O3. The molecule has 7 unspecified atom stereocenters. The fraction of sp³-hybridized carbons (Fsp3) is 0.621. The zero-order chi connectivity index (χ0) is 22.5. The highest BCUT2D eigenvalue weighted by molar-refractivity contribution is 5.96. The van der Waals surface area contributed by atoms with Crippen LogP contribution in [0.5, 0.6) is 5.75 Å². The van der Waals surface area contributed by atoms with Crippen molar-refractivity contribution in [3.8, 4) is 5.75 Å². The molecule has 7 atom stereocenters. The molecule has 0 bridgehead atoms. The van der Waals surface area contributed by atoms with Gasteiger partial charge in [0.15, 0.2) is 5.78 Å². The molecule has 3 heteroatoms. The lowest BCUT2D eigenvalue weighted by Gasteiger charge is -2.57. The SMILES string of the molecule is COc1ccc(C=CC(=O)C2CCC3C4CC=C5CC(O)CCC5(C)C4CCC23C)cc1. The van der Waals surface area contributed by atoms with Crippen molar-refractivity contribution in [2.45, 2.75) is 71.3 Å². The van der Waals surface area contributed by atoms with E-state index in [2.05, 4.69) is 19.9 Å². The van der Waals surface area contributed by atoms with Crippen LogP contribution in [-0.2, 0) is 4.79 Å². The number of allylic oxidation sites excluding steroid dienone is 2. The largest absolute Gasteiger partial charge is 0.497 e. The van der Waals surface area contributed by atoms with Crippen LogP contribution in [0.4, 0.5) is 0 Å². The number of hydrogen-bond donors (Lipinski definition) is 1. The van der Waals surface area contributed by atoms with Crippen LogP contribution in [0.2, 0.25) is 0 Å². The molecule has 3 fully saturated rings. The maximum absolute atomic E-state index is 13.3. The number of aliphatic hydroxyl groups excluding tert-OH is 1. The number of carbonyl (C=O) groups excluding carboxylic acids is 1. The molecule has 5 rings (SSSR count). The van der Waals surface area contributed by atoms with Crippen molar-refractivity contribution in [1.82, 2.24) is 0 Å². The summed E-state index contributed by atoms with van der Waals surface area (Å²) in [5.41, 5.74) is 2.95. The predicted octanol–water partition coefficient (Wildman–Crippen LogP) is 6.22. The lowest BCUT2D eigenvalue weighted by atomic mass is 9.47. The Bertz CT molecular complexity index is 928. The summed E-state index contributed by atoms with van der Waals surface area (Å²) in [6.45, 7) is 4.89. The van der Waals surface area contributed by atoms with Gasteiger partial charge in [-0.25, -0.2) is 0 Å². The number of aliphatic hydroxyl groups is 1. The van der Waals surface area contributed by atoms with E-state index in [1.165, 1.54) is 18.4 Å². The highest BCUT2D eigenvalue weighted by atomic mass is 16.5. The summed E-state index contributed by atoms with van der Waals surface area (Å²) in [5, 5.41) is 10.2. The monoisotopic (exact) mass is 434 g/mol. The van der Waals surface area contributed by atoms with Gasteiger partial charge in [-0.2, -0.15) is 0 Å². The normalized spacial score (nSPS) is 40.9. The van der Waals surface area contributed by atoms with Gasteiger partial charge < -0.3 is 9.84 Å². The van der Waals surface area contributed by atoms with Crippen LogP contribution in [0.25, 0.3) is 6.08 Å². The highest BCUT2D eigenvalue weighted by Crippen LogP contribution is 2.66. The molecule has 0 spiro atoms. The summed E-state index contributed by atoms with van der Waals surface area (Å²) in [5.74, 6) is 3.35. The highest BCUT2D eigenvalue weighted by Gasteiger charge is 2.59. The minimum Gasteiger partial charge on any atom is -0.497 e. The summed E-state index contributed by atoms with van der Waals surface area (Å²) in [6, 6.07) is 7.88. The van der Waals surface area contributed by atoms with Crippen LogP contribution in [0.3, 0.4) is 0 Å². The molecule has 0 amide bonds. The van der Waals surface area contributed by atoms with Crippen LogP contribution < -0.4 is 4.74 Å². The number of carbonyl (C=O) groups is 1. The van der Waals surface area contributed by atoms with E-state index in [1.807, 2.05) is 36.4 Å². The molecule has 3 nitrogen and oxygen atoms in total. The average Bonchev–Trinajstić information content (AvgIpc) is 3.15. The summed E-state index contributed by atoms with van der Waals surface area (Å²) in [6.07, 6.45) is 14.8. The van der Waals surface area contributed by atoms with E-state index >= 15 is 0 Å². The van der Waals surface area contributed by atoms with Gasteiger partial charge in [0, 0.05) is 5.92 Å². The van der Waals surface area contributed by atoms with Crippen LogP contribution in [0.1, 0.15) is 70.8 Å². The summed E-state index contributed by atoms with van der Waals surface area (Å²) in [4.78, 5) is 13.3. The summed E-state index contributed by atoms with van der Waals surface area (Å²) in [7, 11) is 1.67. The summed E-state index contributed by atoms with van der Waals surface area (Å²) >= 11 is 0. The second kappa shape index (κ2) is 8.17. The number of methoxy groups -OCH3 is 1. The van der Waals surface area contributed by atoms with Gasteiger partial charge in [0.1, 0.15) is 5.75 Å². The van der Waals surface area contributed by atoms with Gasteiger partial charge in [0.05, 0.1) is 13.2 Å². The molecule has 0 radical (unpaired) electrons. The fourth-order valence-corrected chi connectivity index (χ4v) is 8.12. The van der Waals surface area contributed by atoms with Gasteiger partial charge in [-0.05, 0) is 104 Å². The molecule has 1 aromatic rings. The van der Waals surface area contributed by atoms with Gasteiger partial charge in [-0.15, -0.1) is 0 Å². The van der Waals surface area contributed by atoms with Crippen molar-refractivity contribution in [2.75, 3.05) is 7.11 Å². The minimum atomic E-state index is -0.147. The Hall–Kier alpha value is -1.87. The second-order valence-corrected chi connectivity index (χ2v) is 11.3. The Morgan fingerprint density at radius 1 is 1.06 bits per heavy atom. The molecule has 0 saturated heterocycles. The first-order valence-corrected chi connectivity index (χ1v) is 12.6. The van der Waals surface area contributed by atoms with E-state index < -0.39 is 0 Å². The van der Waals surface area contributed by atoms with E-state index in [0.717, 1.165) is 55.8 Å². The lowest BCUT2D eigenvalue weighted by Crippen LogP contribution is -2.50. The first-order chi connectivity index (χ1) is 15.3. The number of ether oxygens (including phenoxy) is 1. The van der Waals surface area contributed by atoms with Crippen molar-refractivity contribution in [2.24, 2.45) is 34.5 Å². The van der Waals surface area contributed by atoms with E-state index in [-0.39, 0.29) is 22.9 Å². The second-order valence-electron chi connectivity index (χ2n) is 11.3. The lowest BCUT2D eigenvalue weighted by molar-refractivity contribution is -0.124. The van der Waals surface area contributed by atoms with E-state index in [1.54, 1.807) is 7.11 Å². The van der Waals surface area contributed by atoms with Crippen LogP contribution in [0, 0.1) is 34.5 Å². The van der Waals surface area contributed by atoms with Gasteiger partial charge >= 0.3 is 0 Å². The van der Waals surface area contributed by atoms with Gasteiger partial charge in [-0.1, -0.05) is 43.7 Å². The Labute approximate surface area is 192 Å². The molecule has 0 heterocycles. The molecule has 4 aliphatic rings. The molecule has 32 heavy (non-hydrogen) atoms. The number of rotatable bonds is 4. The third-order valence-corrected chi connectivity index (χ3v) is 9.98. The number of fused-ring (bicyclic) bond motifs is 5. The van der Waals surface area contributed by atoms with Crippen molar-refractivity contribution in [3.63, 3.8) is 0 Å². The number of ketones is 1. The van der Waals surface area contributed by atoms with Crippen LogP contribution in [0.15, 0.2) is 42.0 Å². The summed E-state index contributed by atoms with van der Waals surface area (Å²) < 4.78 is 5.23. The Morgan fingerprint density at radius 3 is 2.59 bits per heavy atom. The standard InChI is InChI=1S/C29H38O3/c1-28-16-14-21(30)18-20(28)7-10-23-24-11-12-26(29(24,2)17-15-25(23)28)27(31)13-6-19-4-8-22(32-3)9-5-19/h4-9,13,21,23-26,30H,10-12,14-18H2,1-3H3. The van der Waals surface area contributed by atoms with E-state index in [4.69, 9.17) is 4.74 Å². The quantitative estimate of drug-likeness (QED) is 0.452. The number of hydrogen-bond acceptors (Lipinski definition) is 3.